The standard InChI is InChI=1S/C20H29BN2O2/c1-15-13-19(24)23(18-14-16(25-3)5-6-17(15)18)10-4-7-20(2)8-11-22(21)12-9-20/h5-6,13-14H,4,7-12,21H2,1-3H3. The fourth-order valence-electron chi connectivity index (χ4n) is 3.96. The molecule has 3 rings (SSSR count). The maximum Gasteiger partial charge on any atom is 0.251 e. The lowest BCUT2D eigenvalue weighted by atomic mass is 9.76. The summed E-state index contributed by atoms with van der Waals surface area (Å²) in [7, 11) is 3.87. The van der Waals surface area contributed by atoms with Gasteiger partial charge in [0.15, 0.2) is 7.98 Å². The minimum absolute atomic E-state index is 0.0896. The van der Waals surface area contributed by atoms with E-state index in [-0.39, 0.29) is 5.56 Å². The zero-order valence-electron chi connectivity index (χ0n) is 16.0. The predicted molar refractivity (Wildman–Crippen MR) is 106 cm³/mol. The Morgan fingerprint density at radius 1 is 1.24 bits per heavy atom. The predicted octanol–water partition coefficient (Wildman–Crippen LogP) is 2.75. The average Bonchev–Trinajstić information content (AvgIpc) is 2.60. The Labute approximate surface area is 151 Å². The number of hydrogen-bond acceptors (Lipinski definition) is 3. The van der Waals surface area contributed by atoms with Crippen molar-refractivity contribution in [2.24, 2.45) is 5.41 Å². The van der Waals surface area contributed by atoms with Crippen molar-refractivity contribution in [3.63, 3.8) is 0 Å². The Hall–Kier alpha value is -1.75. The average molecular weight is 340 g/mol. The molecule has 1 aliphatic rings. The molecule has 1 aromatic heterocycles. The molecule has 1 saturated heterocycles. The molecule has 1 fully saturated rings. The van der Waals surface area contributed by atoms with Crippen LogP contribution in [0.3, 0.4) is 0 Å². The van der Waals surface area contributed by atoms with E-state index in [4.69, 9.17) is 4.74 Å². The minimum Gasteiger partial charge on any atom is -0.497 e. The van der Waals surface area contributed by atoms with Crippen molar-refractivity contribution in [3.8, 4) is 5.75 Å². The topological polar surface area (TPSA) is 34.5 Å². The highest BCUT2D eigenvalue weighted by Gasteiger charge is 2.28. The fourth-order valence-corrected chi connectivity index (χ4v) is 3.96. The summed E-state index contributed by atoms with van der Waals surface area (Å²) >= 11 is 0. The lowest BCUT2D eigenvalue weighted by molar-refractivity contribution is 0.159. The molecule has 0 bridgehead atoms. The molecule has 4 nitrogen and oxygen atoms in total. The Balaban J connectivity index is 1.80. The molecule has 2 heterocycles. The third-order valence-corrected chi connectivity index (χ3v) is 5.88. The minimum atomic E-state index is 0.0896. The van der Waals surface area contributed by atoms with Gasteiger partial charge in [-0.3, -0.25) is 4.79 Å². The van der Waals surface area contributed by atoms with Crippen LogP contribution < -0.4 is 10.3 Å². The molecule has 0 N–H and O–H groups in total. The van der Waals surface area contributed by atoms with Gasteiger partial charge in [-0.2, -0.15) is 0 Å². The molecule has 2 aromatic rings. The summed E-state index contributed by atoms with van der Waals surface area (Å²) in [6.45, 7) is 7.54. The molecule has 0 atom stereocenters. The number of nitrogens with zero attached hydrogens (tertiary/aromatic N) is 2. The number of aryl methyl sites for hydroxylation is 2. The zero-order valence-corrected chi connectivity index (χ0v) is 16.0. The van der Waals surface area contributed by atoms with Gasteiger partial charge in [0.05, 0.1) is 12.6 Å². The Kier molecular flexibility index (Phi) is 5.23. The Morgan fingerprint density at radius 3 is 2.64 bits per heavy atom. The second-order valence-corrected chi connectivity index (χ2v) is 7.92. The van der Waals surface area contributed by atoms with Crippen LogP contribution in [-0.2, 0) is 6.54 Å². The Bertz CT molecular complexity index is 807. The van der Waals surface area contributed by atoms with E-state index >= 15 is 0 Å². The first-order valence-corrected chi connectivity index (χ1v) is 9.29. The summed E-state index contributed by atoms with van der Waals surface area (Å²) in [5.74, 6) is 0.800. The van der Waals surface area contributed by atoms with Crippen molar-refractivity contribution in [1.82, 2.24) is 9.38 Å². The third-order valence-electron chi connectivity index (χ3n) is 5.88. The van der Waals surface area contributed by atoms with E-state index in [1.807, 2.05) is 23.6 Å². The molecular weight excluding hydrogens is 311 g/mol. The molecule has 1 aliphatic heterocycles. The molecule has 0 amide bonds. The van der Waals surface area contributed by atoms with E-state index in [0.717, 1.165) is 35.2 Å². The van der Waals surface area contributed by atoms with Gasteiger partial charge < -0.3 is 14.1 Å². The van der Waals surface area contributed by atoms with E-state index in [0.29, 0.717) is 5.41 Å². The van der Waals surface area contributed by atoms with Gasteiger partial charge in [-0.05, 0) is 68.8 Å². The molecule has 5 heteroatoms. The summed E-state index contributed by atoms with van der Waals surface area (Å²) in [5, 5.41) is 1.13. The maximum atomic E-state index is 12.6. The van der Waals surface area contributed by atoms with Gasteiger partial charge in [0, 0.05) is 24.1 Å². The van der Waals surface area contributed by atoms with E-state index in [2.05, 4.69) is 25.8 Å². The fraction of sp³-hybridized carbons (Fsp3) is 0.550. The number of aromatic nitrogens is 1. The smallest absolute Gasteiger partial charge is 0.251 e. The monoisotopic (exact) mass is 340 g/mol. The van der Waals surface area contributed by atoms with E-state index in [1.54, 1.807) is 13.2 Å². The van der Waals surface area contributed by atoms with E-state index < -0.39 is 0 Å². The number of hydrogen-bond donors (Lipinski definition) is 0. The molecule has 0 aliphatic carbocycles. The summed E-state index contributed by atoms with van der Waals surface area (Å²) < 4.78 is 7.28. The van der Waals surface area contributed by atoms with Crippen molar-refractivity contribution in [2.45, 2.75) is 46.1 Å². The van der Waals surface area contributed by atoms with Crippen molar-refractivity contribution >= 4 is 18.9 Å². The maximum absolute atomic E-state index is 12.6. The van der Waals surface area contributed by atoms with Crippen molar-refractivity contribution in [3.05, 3.63) is 40.2 Å². The summed E-state index contributed by atoms with van der Waals surface area (Å²) in [4.78, 5) is 15.0. The molecule has 0 unspecified atom stereocenters. The summed E-state index contributed by atoms with van der Waals surface area (Å²) in [6.07, 6.45) is 4.71. The number of fused-ring (bicyclic) bond motifs is 1. The first-order chi connectivity index (χ1) is 11.9. The molecule has 25 heavy (non-hydrogen) atoms. The number of piperidine rings is 1. The van der Waals surface area contributed by atoms with Gasteiger partial charge in [0.2, 0.25) is 0 Å². The van der Waals surface area contributed by atoms with Crippen LogP contribution in [0.2, 0.25) is 0 Å². The van der Waals surface area contributed by atoms with Crippen LogP contribution in [0.1, 0.15) is 38.2 Å². The highest BCUT2D eigenvalue weighted by Crippen LogP contribution is 2.35. The lowest BCUT2D eigenvalue weighted by Gasteiger charge is -2.38. The largest absolute Gasteiger partial charge is 0.497 e. The van der Waals surface area contributed by atoms with Crippen LogP contribution in [0, 0.1) is 12.3 Å². The molecule has 0 radical (unpaired) electrons. The van der Waals surface area contributed by atoms with Crippen LogP contribution >= 0.6 is 0 Å². The summed E-state index contributed by atoms with van der Waals surface area (Å²) in [6, 6.07) is 7.76. The number of benzene rings is 1. The molecule has 0 saturated carbocycles. The van der Waals surface area contributed by atoms with Gasteiger partial charge in [-0.25, -0.2) is 0 Å². The van der Waals surface area contributed by atoms with Crippen LogP contribution in [0.25, 0.3) is 10.9 Å². The van der Waals surface area contributed by atoms with Crippen molar-refractivity contribution < 1.29 is 4.74 Å². The van der Waals surface area contributed by atoms with E-state index in [1.165, 1.54) is 32.4 Å². The molecule has 1 aromatic carbocycles. The van der Waals surface area contributed by atoms with Crippen LogP contribution in [0.4, 0.5) is 0 Å². The summed E-state index contributed by atoms with van der Waals surface area (Å²) in [5.41, 5.74) is 2.51. The van der Waals surface area contributed by atoms with E-state index in [9.17, 15) is 4.79 Å². The highest BCUT2D eigenvalue weighted by atomic mass is 16.5. The first kappa shape index (κ1) is 18.1. The number of pyridine rings is 1. The second kappa shape index (κ2) is 7.24. The van der Waals surface area contributed by atoms with Crippen LogP contribution in [0.15, 0.2) is 29.1 Å². The molecule has 0 spiro atoms. The molecule has 134 valence electrons. The normalized spacial score (nSPS) is 17.7. The lowest BCUT2D eigenvalue weighted by Crippen LogP contribution is -2.37. The molecular formula is C20H29BN2O2. The Morgan fingerprint density at radius 2 is 1.96 bits per heavy atom. The third kappa shape index (κ3) is 3.92. The second-order valence-electron chi connectivity index (χ2n) is 7.92. The van der Waals surface area contributed by atoms with Crippen LogP contribution in [0.5, 0.6) is 5.75 Å². The van der Waals surface area contributed by atoms with Crippen LogP contribution in [-0.4, -0.2) is 37.6 Å². The van der Waals surface area contributed by atoms with Crippen molar-refractivity contribution in [1.29, 1.82) is 0 Å². The van der Waals surface area contributed by atoms with Gasteiger partial charge in [0.1, 0.15) is 5.75 Å². The SMILES string of the molecule is BN1CCC(C)(CCCn2c(=O)cc(C)c3ccc(OC)cc32)CC1. The first-order valence-electron chi connectivity index (χ1n) is 9.29. The van der Waals surface area contributed by atoms with Gasteiger partial charge in [-0.1, -0.05) is 6.92 Å². The van der Waals surface area contributed by atoms with Gasteiger partial charge in [0.25, 0.3) is 5.56 Å². The quantitative estimate of drug-likeness (QED) is 0.785. The van der Waals surface area contributed by atoms with Gasteiger partial charge in [-0.15, -0.1) is 0 Å². The zero-order chi connectivity index (χ0) is 18.0. The highest BCUT2D eigenvalue weighted by molar-refractivity contribution is 6.04. The van der Waals surface area contributed by atoms with Crippen molar-refractivity contribution in [2.75, 3.05) is 20.2 Å². The number of rotatable bonds is 5. The number of methoxy groups -OCH3 is 1. The van der Waals surface area contributed by atoms with Gasteiger partial charge >= 0.3 is 0 Å². The number of ether oxygens (including phenoxy) is 1.